The highest BCUT2D eigenvalue weighted by Crippen LogP contribution is 2.24. The Morgan fingerprint density at radius 2 is 1.87 bits per heavy atom. The van der Waals surface area contributed by atoms with E-state index in [2.05, 4.69) is 10.1 Å². The smallest absolute Gasteiger partial charge is 0.428 e. The average molecular weight is 403 g/mol. The minimum Gasteiger partial charge on any atom is -0.848 e. The van der Waals surface area contributed by atoms with E-state index < -0.39 is 11.4 Å². The molecule has 0 aliphatic rings. The number of fused-ring (bicyclic) bond motifs is 4. The molecule has 2 aromatic carbocycles. The zero-order chi connectivity index (χ0) is 21.0. The summed E-state index contributed by atoms with van der Waals surface area (Å²) in [5, 5.41) is 18.6. The van der Waals surface area contributed by atoms with Gasteiger partial charge in [0.2, 0.25) is 5.65 Å². The summed E-state index contributed by atoms with van der Waals surface area (Å²) in [4.78, 5) is 17.7. The third-order valence-corrected chi connectivity index (χ3v) is 5.45. The fraction of sp³-hybridized carbons (Fsp3) is 0.182. The number of hydrogen-bond donors (Lipinski definition) is 0. The van der Waals surface area contributed by atoms with Crippen molar-refractivity contribution < 1.29 is 14.1 Å². The summed E-state index contributed by atoms with van der Waals surface area (Å²) >= 11 is 0. The second-order valence-corrected chi connectivity index (χ2v) is 7.23. The van der Waals surface area contributed by atoms with E-state index >= 15 is 0 Å². The number of hydrogen-bond acceptors (Lipinski definition) is 4. The van der Waals surface area contributed by atoms with Gasteiger partial charge in [0.15, 0.2) is 5.52 Å². The standard InChI is InChI=1S/C22H18FN5O2/c1-3-15-20(29)27(12-13-8-10-14(23)11-9-13)22-24-19-18(25-28(22)21(15)30)16-6-4-5-7-17(16)26(19)2/h4-11H,3,12H2,1-2H3. The number of benzene rings is 2. The van der Waals surface area contributed by atoms with Crippen LogP contribution in [0.15, 0.2) is 53.3 Å². The van der Waals surface area contributed by atoms with Gasteiger partial charge in [0, 0.05) is 18.3 Å². The average Bonchev–Trinajstić information content (AvgIpc) is 3.04. The molecule has 5 rings (SSSR count). The maximum Gasteiger partial charge on any atom is 0.428 e. The van der Waals surface area contributed by atoms with E-state index in [-0.39, 0.29) is 30.1 Å². The molecule has 30 heavy (non-hydrogen) atoms. The first-order valence-electron chi connectivity index (χ1n) is 9.64. The lowest BCUT2D eigenvalue weighted by Crippen LogP contribution is -2.46. The molecule has 0 amide bonds. The zero-order valence-corrected chi connectivity index (χ0v) is 16.5. The fourth-order valence-electron chi connectivity index (χ4n) is 3.87. The van der Waals surface area contributed by atoms with Crippen LogP contribution >= 0.6 is 0 Å². The van der Waals surface area contributed by atoms with Gasteiger partial charge in [-0.3, -0.25) is 0 Å². The van der Waals surface area contributed by atoms with Crippen molar-refractivity contribution in [2.75, 3.05) is 0 Å². The monoisotopic (exact) mass is 403 g/mol. The third kappa shape index (κ3) is 2.57. The van der Waals surface area contributed by atoms with Crippen LogP contribution in [0.25, 0.3) is 27.8 Å². The topological polar surface area (TPSA) is 79.1 Å². The van der Waals surface area contributed by atoms with Crippen molar-refractivity contribution in [2.24, 2.45) is 7.05 Å². The molecule has 150 valence electrons. The summed E-state index contributed by atoms with van der Waals surface area (Å²) in [5.41, 5.74) is 2.50. The third-order valence-electron chi connectivity index (χ3n) is 5.45. The van der Waals surface area contributed by atoms with E-state index in [0.29, 0.717) is 11.2 Å². The molecule has 0 unspecified atom stereocenters. The zero-order valence-electron chi connectivity index (χ0n) is 16.5. The molecule has 0 saturated heterocycles. The molecule has 0 aliphatic carbocycles. The summed E-state index contributed by atoms with van der Waals surface area (Å²) in [6, 6.07) is 13.6. The van der Waals surface area contributed by atoms with E-state index in [1.807, 2.05) is 35.9 Å². The van der Waals surface area contributed by atoms with Gasteiger partial charge in [-0.05, 0) is 35.2 Å². The summed E-state index contributed by atoms with van der Waals surface area (Å²) in [7, 11) is 1.87. The van der Waals surface area contributed by atoms with Crippen LogP contribution in [0.4, 0.5) is 4.39 Å². The van der Waals surface area contributed by atoms with Crippen molar-refractivity contribution in [1.82, 2.24) is 19.2 Å². The van der Waals surface area contributed by atoms with Crippen LogP contribution in [0.5, 0.6) is 5.88 Å². The van der Waals surface area contributed by atoms with Crippen LogP contribution in [-0.2, 0) is 20.0 Å². The van der Waals surface area contributed by atoms with Crippen LogP contribution in [-0.4, -0.2) is 19.2 Å². The number of nitrogens with zero attached hydrogens (tertiary/aromatic N) is 5. The highest BCUT2D eigenvalue weighted by atomic mass is 19.1. The molecule has 8 heteroatoms. The van der Waals surface area contributed by atoms with Crippen LogP contribution in [0.1, 0.15) is 18.1 Å². The predicted molar refractivity (Wildman–Crippen MR) is 108 cm³/mol. The highest BCUT2D eigenvalue weighted by molar-refractivity contribution is 6.04. The lowest BCUT2D eigenvalue weighted by atomic mass is 10.2. The van der Waals surface area contributed by atoms with Gasteiger partial charge in [-0.1, -0.05) is 46.9 Å². The van der Waals surface area contributed by atoms with Crippen molar-refractivity contribution in [2.45, 2.75) is 19.9 Å². The van der Waals surface area contributed by atoms with E-state index in [0.717, 1.165) is 16.5 Å². The largest absolute Gasteiger partial charge is 0.848 e. The van der Waals surface area contributed by atoms with Crippen molar-refractivity contribution in [1.29, 1.82) is 0 Å². The van der Waals surface area contributed by atoms with Crippen molar-refractivity contribution in [3.8, 4) is 5.88 Å². The summed E-state index contributed by atoms with van der Waals surface area (Å²) in [6.07, 6.45) is 0.277. The summed E-state index contributed by atoms with van der Waals surface area (Å²) < 4.78 is 17.8. The molecule has 0 saturated carbocycles. The maximum absolute atomic E-state index is 13.3. The van der Waals surface area contributed by atoms with Gasteiger partial charge in [0.05, 0.1) is 17.6 Å². The molecule has 0 radical (unpaired) electrons. The van der Waals surface area contributed by atoms with E-state index in [9.17, 15) is 14.3 Å². The highest BCUT2D eigenvalue weighted by Gasteiger charge is 2.24. The van der Waals surface area contributed by atoms with Gasteiger partial charge < -0.3 is 9.67 Å². The van der Waals surface area contributed by atoms with Gasteiger partial charge >= 0.3 is 11.3 Å². The Morgan fingerprint density at radius 3 is 2.60 bits per heavy atom. The van der Waals surface area contributed by atoms with E-state index in [1.165, 1.54) is 21.2 Å². The number of rotatable bonds is 3. The SMILES string of the molecule is CCc1c([O-])[n+](Cc2ccc(F)cc2)c2nc3c(nn2c1=O)c1ccccc1n3C. The van der Waals surface area contributed by atoms with E-state index in [1.54, 1.807) is 19.1 Å². The van der Waals surface area contributed by atoms with Gasteiger partial charge in [0.1, 0.15) is 5.82 Å². The predicted octanol–water partition coefficient (Wildman–Crippen LogP) is 1.85. The van der Waals surface area contributed by atoms with Gasteiger partial charge in [-0.25, -0.2) is 13.8 Å². The summed E-state index contributed by atoms with van der Waals surface area (Å²) in [6.45, 7) is 1.91. The number of aryl methyl sites for hydroxylation is 1. The van der Waals surface area contributed by atoms with Crippen molar-refractivity contribution in [3.63, 3.8) is 0 Å². The van der Waals surface area contributed by atoms with Crippen molar-refractivity contribution >= 4 is 27.8 Å². The molecular weight excluding hydrogens is 385 g/mol. The number of halogens is 1. The first kappa shape index (κ1) is 18.2. The first-order valence-corrected chi connectivity index (χ1v) is 9.64. The second kappa shape index (κ2) is 6.62. The van der Waals surface area contributed by atoms with Crippen molar-refractivity contribution in [3.05, 3.63) is 75.8 Å². The normalized spacial score (nSPS) is 11.7. The molecule has 5 aromatic rings. The molecule has 0 atom stereocenters. The second-order valence-electron chi connectivity index (χ2n) is 7.23. The Labute approximate surface area is 170 Å². The van der Waals surface area contributed by atoms with Crippen LogP contribution in [0, 0.1) is 5.82 Å². The Bertz CT molecular complexity index is 1500. The quantitative estimate of drug-likeness (QED) is 0.431. The molecular formula is C22H18FN5O2. The molecule has 0 N–H and O–H groups in total. The molecule has 0 fully saturated rings. The maximum atomic E-state index is 13.3. The number of para-hydroxylation sites is 1. The van der Waals surface area contributed by atoms with Crippen LogP contribution in [0.2, 0.25) is 0 Å². The fourth-order valence-corrected chi connectivity index (χ4v) is 3.87. The van der Waals surface area contributed by atoms with Gasteiger partial charge in [-0.2, -0.15) is 0 Å². The molecule has 0 bridgehead atoms. The Hall–Kier alpha value is -3.81. The molecule has 3 aromatic heterocycles. The summed E-state index contributed by atoms with van der Waals surface area (Å²) in [5.74, 6) is -0.601. The van der Waals surface area contributed by atoms with Crippen LogP contribution in [0.3, 0.4) is 0 Å². The Morgan fingerprint density at radius 1 is 1.13 bits per heavy atom. The van der Waals surface area contributed by atoms with Gasteiger partial charge in [0.25, 0.3) is 0 Å². The molecule has 0 spiro atoms. The first-order chi connectivity index (χ1) is 14.5. The Kier molecular flexibility index (Phi) is 4.02. The molecule has 0 aliphatic heterocycles. The van der Waals surface area contributed by atoms with E-state index in [4.69, 9.17) is 0 Å². The molecule has 7 nitrogen and oxygen atoms in total. The van der Waals surface area contributed by atoms with Crippen LogP contribution < -0.4 is 15.2 Å². The minimum atomic E-state index is -0.463. The minimum absolute atomic E-state index is 0.142. The lowest BCUT2D eigenvalue weighted by Gasteiger charge is -2.16. The molecule has 3 heterocycles. The van der Waals surface area contributed by atoms with Gasteiger partial charge in [-0.15, -0.1) is 0 Å². The number of aromatic nitrogens is 5. The Balaban J connectivity index is 1.89. The lowest BCUT2D eigenvalue weighted by molar-refractivity contribution is -0.711.